The molecule has 0 fully saturated rings. The Balaban J connectivity index is 1.91. The summed E-state index contributed by atoms with van der Waals surface area (Å²) in [5.41, 5.74) is 0.815. The molecule has 4 nitrogen and oxygen atoms in total. The average Bonchev–Trinajstić information content (AvgIpc) is 2.55. The maximum atomic E-state index is 13.4. The first kappa shape index (κ1) is 18.1. The summed E-state index contributed by atoms with van der Waals surface area (Å²) in [7, 11) is -3.60. The van der Waals surface area contributed by atoms with Crippen LogP contribution in [-0.2, 0) is 26.0 Å². The monoisotopic (exact) mass is 354 g/mol. The Morgan fingerprint density at radius 1 is 1.08 bits per heavy atom. The standard InChI is InChI=1S/C17H16F2O4S/c1-12-5-7-14(8-6-12)24(21,22)10-9-16(20)23-11-13-3-2-4-15(18)17(13)19/h2-8H,9-11H2,1H3. The molecule has 0 unspecified atom stereocenters. The second-order valence-corrected chi connectivity index (χ2v) is 7.36. The summed E-state index contributed by atoms with van der Waals surface area (Å²) in [6.45, 7) is 1.38. The molecular weight excluding hydrogens is 338 g/mol. The third kappa shape index (κ3) is 4.61. The highest BCUT2D eigenvalue weighted by Crippen LogP contribution is 2.15. The van der Waals surface area contributed by atoms with Gasteiger partial charge in [-0.2, -0.15) is 0 Å². The Morgan fingerprint density at radius 2 is 1.75 bits per heavy atom. The lowest BCUT2D eigenvalue weighted by Gasteiger charge is -2.07. The van der Waals surface area contributed by atoms with Crippen molar-refractivity contribution in [1.82, 2.24) is 0 Å². The molecule has 0 N–H and O–H groups in total. The average molecular weight is 354 g/mol. The van der Waals surface area contributed by atoms with Crippen LogP contribution in [0.1, 0.15) is 17.5 Å². The Labute approximate surface area is 139 Å². The smallest absolute Gasteiger partial charge is 0.307 e. The maximum Gasteiger partial charge on any atom is 0.307 e. The highest BCUT2D eigenvalue weighted by Gasteiger charge is 2.17. The van der Waals surface area contributed by atoms with E-state index in [1.54, 1.807) is 12.1 Å². The van der Waals surface area contributed by atoms with Crippen LogP contribution in [0, 0.1) is 18.6 Å². The van der Waals surface area contributed by atoms with Crippen LogP contribution in [0.2, 0.25) is 0 Å². The Morgan fingerprint density at radius 3 is 2.42 bits per heavy atom. The number of carbonyl (C=O) groups excluding carboxylic acids is 1. The molecule has 0 spiro atoms. The van der Waals surface area contributed by atoms with E-state index in [4.69, 9.17) is 4.74 Å². The molecule has 2 rings (SSSR count). The zero-order chi connectivity index (χ0) is 17.7. The van der Waals surface area contributed by atoms with Gasteiger partial charge in [0.05, 0.1) is 17.1 Å². The minimum atomic E-state index is -3.60. The van der Waals surface area contributed by atoms with Gasteiger partial charge in [0.15, 0.2) is 21.5 Å². The Bertz CT molecular complexity index is 830. The quantitative estimate of drug-likeness (QED) is 0.748. The first-order chi connectivity index (χ1) is 11.3. The molecule has 0 amide bonds. The molecule has 2 aromatic rings. The molecule has 0 aliphatic rings. The van der Waals surface area contributed by atoms with Crippen LogP contribution in [0.5, 0.6) is 0 Å². The lowest BCUT2D eigenvalue weighted by Crippen LogP contribution is -2.14. The predicted octanol–water partition coefficient (Wildman–Crippen LogP) is 3.18. The minimum Gasteiger partial charge on any atom is -0.461 e. The molecule has 24 heavy (non-hydrogen) atoms. The van der Waals surface area contributed by atoms with Gasteiger partial charge >= 0.3 is 5.97 Å². The number of halogens is 2. The summed E-state index contributed by atoms with van der Waals surface area (Å²) in [6, 6.07) is 9.80. The van der Waals surface area contributed by atoms with Crippen LogP contribution in [0.4, 0.5) is 8.78 Å². The molecule has 0 bridgehead atoms. The Kier molecular flexibility index (Phi) is 5.66. The van der Waals surface area contributed by atoms with Crippen molar-refractivity contribution in [2.45, 2.75) is 24.8 Å². The maximum absolute atomic E-state index is 13.4. The molecule has 0 aliphatic carbocycles. The van der Waals surface area contributed by atoms with E-state index < -0.39 is 39.8 Å². The summed E-state index contributed by atoms with van der Waals surface area (Å²) in [6.07, 6.45) is -0.368. The molecule has 0 atom stereocenters. The number of sulfone groups is 1. The molecule has 128 valence electrons. The fraction of sp³-hybridized carbons (Fsp3) is 0.235. The van der Waals surface area contributed by atoms with Crippen molar-refractivity contribution in [3.05, 3.63) is 65.2 Å². The van der Waals surface area contributed by atoms with Crippen molar-refractivity contribution in [1.29, 1.82) is 0 Å². The van der Waals surface area contributed by atoms with E-state index in [1.165, 1.54) is 24.3 Å². The van der Waals surface area contributed by atoms with Crippen LogP contribution in [0.3, 0.4) is 0 Å². The SMILES string of the molecule is Cc1ccc(S(=O)(=O)CCC(=O)OCc2cccc(F)c2F)cc1. The van der Waals surface area contributed by atoms with Crippen molar-refractivity contribution in [3.63, 3.8) is 0 Å². The Hall–Kier alpha value is -2.28. The van der Waals surface area contributed by atoms with E-state index in [9.17, 15) is 22.0 Å². The molecular formula is C17H16F2O4S. The largest absolute Gasteiger partial charge is 0.461 e. The van der Waals surface area contributed by atoms with Crippen molar-refractivity contribution in [2.24, 2.45) is 0 Å². The van der Waals surface area contributed by atoms with Crippen LogP contribution < -0.4 is 0 Å². The molecule has 0 radical (unpaired) electrons. The third-order valence-electron chi connectivity index (χ3n) is 3.38. The minimum absolute atomic E-state index is 0.107. The normalized spacial score (nSPS) is 11.3. The number of hydrogen-bond donors (Lipinski definition) is 0. The van der Waals surface area contributed by atoms with Gasteiger partial charge in [0.25, 0.3) is 0 Å². The van der Waals surface area contributed by atoms with Gasteiger partial charge in [-0.1, -0.05) is 29.8 Å². The molecule has 0 heterocycles. The lowest BCUT2D eigenvalue weighted by molar-refractivity contribution is -0.144. The number of ether oxygens (including phenoxy) is 1. The molecule has 0 saturated carbocycles. The van der Waals surface area contributed by atoms with Gasteiger partial charge in [-0.15, -0.1) is 0 Å². The van der Waals surface area contributed by atoms with Gasteiger partial charge in [0.1, 0.15) is 6.61 Å². The highest BCUT2D eigenvalue weighted by molar-refractivity contribution is 7.91. The summed E-state index contributed by atoms with van der Waals surface area (Å²) < 4.78 is 55.5. The zero-order valence-corrected chi connectivity index (χ0v) is 13.8. The number of esters is 1. The van der Waals surface area contributed by atoms with Crippen molar-refractivity contribution in [3.8, 4) is 0 Å². The first-order valence-electron chi connectivity index (χ1n) is 7.17. The zero-order valence-electron chi connectivity index (χ0n) is 13.0. The van der Waals surface area contributed by atoms with Crippen molar-refractivity contribution < 1.29 is 26.7 Å². The van der Waals surface area contributed by atoms with Gasteiger partial charge in [-0.05, 0) is 25.1 Å². The molecule has 2 aromatic carbocycles. The number of aryl methyl sites for hydroxylation is 1. The van der Waals surface area contributed by atoms with Crippen molar-refractivity contribution >= 4 is 15.8 Å². The number of hydrogen-bond acceptors (Lipinski definition) is 4. The fourth-order valence-electron chi connectivity index (χ4n) is 1.97. The summed E-state index contributed by atoms with van der Waals surface area (Å²) in [4.78, 5) is 11.8. The van der Waals surface area contributed by atoms with E-state index in [0.29, 0.717) is 0 Å². The van der Waals surface area contributed by atoms with Gasteiger partial charge in [0.2, 0.25) is 0 Å². The van der Waals surface area contributed by atoms with Crippen LogP contribution >= 0.6 is 0 Å². The van der Waals surface area contributed by atoms with E-state index in [0.717, 1.165) is 11.6 Å². The second-order valence-electron chi connectivity index (χ2n) is 5.26. The van der Waals surface area contributed by atoms with Gasteiger partial charge in [0, 0.05) is 5.56 Å². The van der Waals surface area contributed by atoms with Gasteiger partial charge in [-0.25, -0.2) is 17.2 Å². The summed E-state index contributed by atoms with van der Waals surface area (Å²) in [5.74, 6) is -3.34. The number of carbonyl (C=O) groups is 1. The highest BCUT2D eigenvalue weighted by atomic mass is 32.2. The molecule has 0 aromatic heterocycles. The van der Waals surface area contributed by atoms with E-state index in [-0.39, 0.29) is 16.9 Å². The first-order valence-corrected chi connectivity index (χ1v) is 8.83. The van der Waals surface area contributed by atoms with E-state index in [2.05, 4.69) is 0 Å². The molecule has 0 aliphatic heterocycles. The molecule has 0 saturated heterocycles. The van der Waals surface area contributed by atoms with E-state index in [1.807, 2.05) is 6.92 Å². The third-order valence-corrected chi connectivity index (χ3v) is 5.11. The van der Waals surface area contributed by atoms with Gasteiger partial charge < -0.3 is 4.74 Å². The van der Waals surface area contributed by atoms with Crippen LogP contribution in [-0.4, -0.2) is 20.1 Å². The second kappa shape index (κ2) is 7.53. The van der Waals surface area contributed by atoms with Gasteiger partial charge in [-0.3, -0.25) is 4.79 Å². The lowest BCUT2D eigenvalue weighted by atomic mass is 10.2. The fourth-order valence-corrected chi connectivity index (χ4v) is 3.19. The summed E-state index contributed by atoms with van der Waals surface area (Å²) >= 11 is 0. The van der Waals surface area contributed by atoms with Crippen LogP contribution in [0.15, 0.2) is 47.4 Å². The van der Waals surface area contributed by atoms with Crippen LogP contribution in [0.25, 0.3) is 0 Å². The topological polar surface area (TPSA) is 60.4 Å². The summed E-state index contributed by atoms with van der Waals surface area (Å²) in [5, 5.41) is 0. The number of rotatable bonds is 6. The molecule has 7 heteroatoms. The predicted molar refractivity (Wildman–Crippen MR) is 84.0 cm³/mol. The van der Waals surface area contributed by atoms with Crippen molar-refractivity contribution in [2.75, 3.05) is 5.75 Å². The van der Waals surface area contributed by atoms with E-state index >= 15 is 0 Å². The number of benzene rings is 2.